The number of hydrogen-bond acceptors (Lipinski definition) is 4. The number of thiophene rings is 1. The van der Waals surface area contributed by atoms with Crippen LogP contribution in [0, 0.1) is 0 Å². The molecule has 3 nitrogen and oxygen atoms in total. The van der Waals surface area contributed by atoms with E-state index in [1.807, 2.05) is 49.8 Å². The number of anilines is 1. The molecule has 0 aliphatic heterocycles. The van der Waals surface area contributed by atoms with Gasteiger partial charge in [-0.25, -0.2) is 4.98 Å². The third-order valence-electron chi connectivity index (χ3n) is 2.76. The summed E-state index contributed by atoms with van der Waals surface area (Å²) in [5.74, 6) is 0.950. The van der Waals surface area contributed by atoms with E-state index in [1.165, 1.54) is 0 Å². The van der Waals surface area contributed by atoms with Crippen LogP contribution in [-0.2, 0) is 0 Å². The maximum Gasteiger partial charge on any atom is 0.127 e. The first kappa shape index (κ1) is 13.3. The van der Waals surface area contributed by atoms with Gasteiger partial charge in [0.05, 0.1) is 11.1 Å². The molecule has 18 heavy (non-hydrogen) atoms. The molecular formula is C13H16ClN3S. The van der Waals surface area contributed by atoms with E-state index in [9.17, 15) is 0 Å². The lowest BCUT2D eigenvalue weighted by molar-refractivity contribution is 0.700. The summed E-state index contributed by atoms with van der Waals surface area (Å²) in [6, 6.07) is 6.12. The average molecular weight is 282 g/mol. The van der Waals surface area contributed by atoms with Crippen LogP contribution in [0.25, 0.3) is 0 Å². The molecule has 1 atom stereocenters. The van der Waals surface area contributed by atoms with Crippen molar-refractivity contribution < 1.29 is 0 Å². The van der Waals surface area contributed by atoms with Gasteiger partial charge in [0.25, 0.3) is 0 Å². The first-order chi connectivity index (χ1) is 8.63. The first-order valence-corrected chi connectivity index (χ1v) is 6.92. The number of nitrogens with one attached hydrogen (secondary N) is 1. The van der Waals surface area contributed by atoms with Crippen molar-refractivity contribution in [2.75, 3.05) is 26.0 Å². The van der Waals surface area contributed by atoms with Crippen molar-refractivity contribution in [3.63, 3.8) is 0 Å². The number of nitrogens with zero attached hydrogens (tertiary/aromatic N) is 2. The van der Waals surface area contributed by atoms with Gasteiger partial charge in [-0.3, -0.25) is 0 Å². The van der Waals surface area contributed by atoms with Crippen molar-refractivity contribution in [3.05, 3.63) is 45.2 Å². The highest BCUT2D eigenvalue weighted by atomic mass is 35.5. The Morgan fingerprint density at radius 3 is 2.56 bits per heavy atom. The Hall–Kier alpha value is -1.10. The van der Waals surface area contributed by atoms with Gasteiger partial charge in [-0.2, -0.15) is 0 Å². The van der Waals surface area contributed by atoms with Gasteiger partial charge < -0.3 is 10.2 Å². The molecular weight excluding hydrogens is 266 g/mol. The topological polar surface area (TPSA) is 28.2 Å². The summed E-state index contributed by atoms with van der Waals surface area (Å²) in [5.41, 5.74) is 1.12. The highest BCUT2D eigenvalue weighted by molar-refractivity contribution is 7.10. The standard InChI is InChI=1S/C13H16ClN3S/c1-15-12(13-10(14)6-7-18-13)9-4-5-11(16-8-9)17(2)3/h4-8,12,15H,1-3H3. The molecule has 2 aromatic heterocycles. The summed E-state index contributed by atoms with van der Waals surface area (Å²) in [5, 5.41) is 6.09. The van der Waals surface area contributed by atoms with Crippen LogP contribution in [-0.4, -0.2) is 26.1 Å². The minimum absolute atomic E-state index is 0.0983. The number of pyridine rings is 1. The fourth-order valence-electron chi connectivity index (χ4n) is 1.79. The second-order valence-electron chi connectivity index (χ2n) is 4.20. The van der Waals surface area contributed by atoms with Crippen molar-refractivity contribution in [1.29, 1.82) is 0 Å². The third-order valence-corrected chi connectivity index (χ3v) is 4.18. The molecule has 0 spiro atoms. The molecule has 96 valence electrons. The van der Waals surface area contributed by atoms with Gasteiger partial charge in [-0.05, 0) is 30.1 Å². The Kier molecular flexibility index (Phi) is 4.22. The minimum atomic E-state index is 0.0983. The summed E-state index contributed by atoms with van der Waals surface area (Å²) in [7, 11) is 5.89. The second-order valence-corrected chi connectivity index (χ2v) is 5.55. The molecule has 0 aliphatic rings. The Morgan fingerprint density at radius 2 is 2.11 bits per heavy atom. The second kappa shape index (κ2) is 5.69. The van der Waals surface area contributed by atoms with Crippen LogP contribution in [0.5, 0.6) is 0 Å². The van der Waals surface area contributed by atoms with E-state index < -0.39 is 0 Å². The maximum atomic E-state index is 6.19. The maximum absolute atomic E-state index is 6.19. The van der Waals surface area contributed by atoms with Crippen molar-refractivity contribution in [2.45, 2.75) is 6.04 Å². The normalized spacial score (nSPS) is 12.4. The smallest absolute Gasteiger partial charge is 0.127 e. The predicted octanol–water partition coefficient (Wildman–Crippen LogP) is 3.17. The van der Waals surface area contributed by atoms with E-state index in [1.54, 1.807) is 11.3 Å². The molecule has 0 amide bonds. The SMILES string of the molecule is CNC(c1ccc(N(C)C)nc1)c1sccc1Cl. The minimum Gasteiger partial charge on any atom is -0.363 e. The molecule has 0 aliphatic carbocycles. The molecule has 0 radical (unpaired) electrons. The number of rotatable bonds is 4. The summed E-state index contributed by atoms with van der Waals surface area (Å²) >= 11 is 7.84. The first-order valence-electron chi connectivity index (χ1n) is 5.67. The Morgan fingerprint density at radius 1 is 1.33 bits per heavy atom. The van der Waals surface area contributed by atoms with E-state index in [-0.39, 0.29) is 6.04 Å². The fraction of sp³-hybridized carbons (Fsp3) is 0.308. The summed E-state index contributed by atoms with van der Waals surface area (Å²) < 4.78 is 0. The van der Waals surface area contributed by atoms with Crippen LogP contribution in [0.2, 0.25) is 5.02 Å². The third kappa shape index (κ3) is 2.66. The van der Waals surface area contributed by atoms with Crippen LogP contribution >= 0.6 is 22.9 Å². The van der Waals surface area contributed by atoms with Crippen molar-refractivity contribution >= 4 is 28.8 Å². The summed E-state index contributed by atoms with van der Waals surface area (Å²) in [4.78, 5) is 7.54. The molecule has 0 aromatic carbocycles. The number of halogens is 1. The highest BCUT2D eigenvalue weighted by Crippen LogP contribution is 2.32. The molecule has 0 saturated carbocycles. The Bertz CT molecular complexity index is 507. The summed E-state index contributed by atoms with van der Waals surface area (Å²) in [6.45, 7) is 0. The lowest BCUT2D eigenvalue weighted by Crippen LogP contribution is -2.17. The van der Waals surface area contributed by atoms with Crippen molar-refractivity contribution in [3.8, 4) is 0 Å². The lowest BCUT2D eigenvalue weighted by atomic mass is 10.1. The Balaban J connectivity index is 2.31. The Labute approximate surface area is 116 Å². The van der Waals surface area contributed by atoms with Gasteiger partial charge in [0.2, 0.25) is 0 Å². The van der Waals surface area contributed by atoms with Crippen LogP contribution in [0.3, 0.4) is 0 Å². The van der Waals surface area contributed by atoms with Crippen LogP contribution in [0.4, 0.5) is 5.82 Å². The predicted molar refractivity (Wildman–Crippen MR) is 78.8 cm³/mol. The van der Waals surface area contributed by atoms with E-state index in [0.29, 0.717) is 0 Å². The highest BCUT2D eigenvalue weighted by Gasteiger charge is 2.16. The molecule has 0 fully saturated rings. The van der Waals surface area contributed by atoms with Gasteiger partial charge >= 0.3 is 0 Å². The molecule has 1 N–H and O–H groups in total. The molecule has 2 heterocycles. The van der Waals surface area contributed by atoms with Gasteiger partial charge in [-0.15, -0.1) is 11.3 Å². The molecule has 0 saturated heterocycles. The quantitative estimate of drug-likeness (QED) is 0.933. The van der Waals surface area contributed by atoms with Crippen LogP contribution < -0.4 is 10.2 Å². The summed E-state index contributed by atoms with van der Waals surface area (Å²) in [6.07, 6.45) is 1.90. The van der Waals surface area contributed by atoms with Gasteiger partial charge in [0, 0.05) is 25.2 Å². The zero-order valence-electron chi connectivity index (χ0n) is 10.6. The average Bonchev–Trinajstić information content (AvgIpc) is 2.78. The monoisotopic (exact) mass is 281 g/mol. The van der Waals surface area contributed by atoms with Gasteiger partial charge in [0.15, 0.2) is 0 Å². The number of aromatic nitrogens is 1. The van der Waals surface area contributed by atoms with Gasteiger partial charge in [-0.1, -0.05) is 17.7 Å². The zero-order valence-corrected chi connectivity index (χ0v) is 12.2. The number of hydrogen-bond donors (Lipinski definition) is 1. The zero-order chi connectivity index (χ0) is 13.1. The van der Waals surface area contributed by atoms with Crippen LogP contribution in [0.1, 0.15) is 16.5 Å². The largest absolute Gasteiger partial charge is 0.363 e. The van der Waals surface area contributed by atoms with E-state index in [2.05, 4.69) is 16.4 Å². The van der Waals surface area contributed by atoms with E-state index >= 15 is 0 Å². The van der Waals surface area contributed by atoms with Crippen molar-refractivity contribution in [2.24, 2.45) is 0 Å². The van der Waals surface area contributed by atoms with E-state index in [0.717, 1.165) is 21.3 Å². The molecule has 2 aromatic rings. The molecule has 1 unspecified atom stereocenters. The van der Waals surface area contributed by atoms with Gasteiger partial charge in [0.1, 0.15) is 5.82 Å². The van der Waals surface area contributed by atoms with E-state index in [4.69, 9.17) is 11.6 Å². The van der Waals surface area contributed by atoms with Crippen molar-refractivity contribution in [1.82, 2.24) is 10.3 Å². The molecule has 2 rings (SSSR count). The lowest BCUT2D eigenvalue weighted by Gasteiger charge is -2.17. The fourth-order valence-corrected chi connectivity index (χ4v) is 3.10. The van der Waals surface area contributed by atoms with Crippen LogP contribution in [0.15, 0.2) is 29.8 Å². The molecule has 5 heteroatoms. The molecule has 0 bridgehead atoms.